The van der Waals surface area contributed by atoms with Crippen LogP contribution in [0, 0.1) is 0 Å². The molecule has 2 heterocycles. The zero-order valence-electron chi connectivity index (χ0n) is 24.4. The van der Waals surface area contributed by atoms with Gasteiger partial charge in [-0.15, -0.1) is 0 Å². The van der Waals surface area contributed by atoms with Gasteiger partial charge in [-0.2, -0.15) is 0 Å². The second-order valence-corrected chi connectivity index (χ2v) is 9.92. The van der Waals surface area contributed by atoms with Crippen molar-refractivity contribution in [1.29, 1.82) is 0 Å². The molecule has 0 saturated carbocycles. The molecule has 0 bridgehead atoms. The van der Waals surface area contributed by atoms with Crippen molar-refractivity contribution in [2.75, 3.05) is 39.9 Å². The van der Waals surface area contributed by atoms with E-state index < -0.39 is 42.0 Å². The number of carbonyl (C=O) groups is 5. The number of amides is 3. The first-order chi connectivity index (χ1) is 21.2. The first-order valence-corrected chi connectivity index (χ1v) is 14.1. The molecule has 44 heavy (non-hydrogen) atoms. The van der Waals surface area contributed by atoms with Gasteiger partial charge in [0, 0.05) is 49.6 Å². The maximum atomic E-state index is 13.5. The number of esters is 1. The fourth-order valence-corrected chi connectivity index (χ4v) is 4.77. The number of ether oxygens (including phenoxy) is 3. The van der Waals surface area contributed by atoms with E-state index >= 15 is 0 Å². The summed E-state index contributed by atoms with van der Waals surface area (Å²) in [6.45, 7) is 2.79. The van der Waals surface area contributed by atoms with E-state index in [0.29, 0.717) is 16.5 Å². The summed E-state index contributed by atoms with van der Waals surface area (Å²) >= 11 is 0. The molecule has 1 aliphatic heterocycles. The molecular formula is C31H34N4O9. The van der Waals surface area contributed by atoms with Crippen LogP contribution in [0.1, 0.15) is 41.9 Å². The van der Waals surface area contributed by atoms with E-state index in [2.05, 4.69) is 10.3 Å². The topological polar surface area (TPSA) is 165 Å². The van der Waals surface area contributed by atoms with Crippen LogP contribution in [0.3, 0.4) is 0 Å². The largest absolute Gasteiger partial charge is 0.481 e. The predicted molar refractivity (Wildman–Crippen MR) is 157 cm³/mol. The molecule has 2 aromatic carbocycles. The van der Waals surface area contributed by atoms with Crippen LogP contribution in [0.15, 0.2) is 60.7 Å². The summed E-state index contributed by atoms with van der Waals surface area (Å²) in [5.74, 6) is -2.80. The molecule has 1 fully saturated rings. The van der Waals surface area contributed by atoms with Crippen LogP contribution in [0.5, 0.6) is 5.75 Å². The summed E-state index contributed by atoms with van der Waals surface area (Å²) in [6, 6.07) is 15.8. The van der Waals surface area contributed by atoms with Gasteiger partial charge in [0.2, 0.25) is 12.0 Å². The summed E-state index contributed by atoms with van der Waals surface area (Å²) in [7, 11) is 1.25. The van der Waals surface area contributed by atoms with E-state index in [0.717, 1.165) is 0 Å². The van der Waals surface area contributed by atoms with Gasteiger partial charge in [0.05, 0.1) is 19.2 Å². The molecule has 1 saturated heterocycles. The van der Waals surface area contributed by atoms with Gasteiger partial charge in [0.15, 0.2) is 0 Å². The van der Waals surface area contributed by atoms with Crippen LogP contribution in [0.25, 0.3) is 10.9 Å². The Hall–Kier alpha value is -5.20. The molecule has 2 N–H and O–H groups in total. The molecule has 3 aromatic rings. The molecule has 0 radical (unpaired) electrons. The first kappa shape index (κ1) is 31.7. The lowest BCUT2D eigenvalue weighted by atomic mass is 10.1. The number of nitrogens with zero attached hydrogens (tertiary/aromatic N) is 3. The van der Waals surface area contributed by atoms with Gasteiger partial charge in [-0.05, 0) is 25.5 Å². The Morgan fingerprint density at radius 2 is 1.61 bits per heavy atom. The Morgan fingerprint density at radius 3 is 2.27 bits per heavy atom. The minimum absolute atomic E-state index is 0.101. The number of methoxy groups -OCH3 is 1. The third-order valence-electron chi connectivity index (χ3n) is 7.04. The Morgan fingerprint density at radius 1 is 0.955 bits per heavy atom. The van der Waals surface area contributed by atoms with E-state index in [1.54, 1.807) is 61.5 Å². The second-order valence-electron chi connectivity index (χ2n) is 9.92. The number of pyridine rings is 1. The van der Waals surface area contributed by atoms with Gasteiger partial charge in [-0.3, -0.25) is 14.4 Å². The van der Waals surface area contributed by atoms with Crippen molar-refractivity contribution in [3.05, 3.63) is 71.9 Å². The Balaban J connectivity index is 1.58. The highest BCUT2D eigenvalue weighted by molar-refractivity contribution is 5.99. The Kier molecular flexibility index (Phi) is 10.7. The lowest BCUT2D eigenvalue weighted by Gasteiger charge is -2.35. The number of hydrogen-bond acceptors (Lipinski definition) is 9. The molecule has 0 spiro atoms. The van der Waals surface area contributed by atoms with Gasteiger partial charge in [0.25, 0.3) is 5.91 Å². The molecule has 4 rings (SSSR count). The van der Waals surface area contributed by atoms with E-state index in [-0.39, 0.29) is 57.1 Å². The standard InChI is InChI=1S/C31H34N4O9/c1-3-43-31(41)35-17-15-34(16-18-35)29(39)23(13-14-26(36)37)33-28(38)24-19-25(21-11-7-8-12-22(21)32-24)44-27(30(40)42-2)20-9-5-4-6-10-20/h4-12,19,23,27H,3,13-18H2,1-2H3,(H,33,38)(H,36,37)/t23-,27?/m0/s1. The highest BCUT2D eigenvalue weighted by Gasteiger charge is 2.32. The van der Waals surface area contributed by atoms with Crippen LogP contribution in [0.2, 0.25) is 0 Å². The van der Waals surface area contributed by atoms with Crippen LogP contribution >= 0.6 is 0 Å². The summed E-state index contributed by atoms with van der Waals surface area (Å²) in [6.07, 6.45) is -2.14. The molecule has 3 amide bonds. The number of benzene rings is 2. The highest BCUT2D eigenvalue weighted by Crippen LogP contribution is 2.31. The molecule has 1 aliphatic rings. The van der Waals surface area contributed by atoms with E-state index in [1.807, 2.05) is 0 Å². The maximum Gasteiger partial charge on any atom is 0.409 e. The SMILES string of the molecule is CCOC(=O)N1CCN(C(=O)[C@H](CCC(=O)O)NC(=O)c2cc(OC(C(=O)OC)c3ccccc3)c3ccccc3n2)CC1. The summed E-state index contributed by atoms with van der Waals surface area (Å²) < 4.78 is 16.1. The number of hydrogen-bond donors (Lipinski definition) is 2. The Labute approximate surface area is 253 Å². The number of para-hydroxylation sites is 1. The fraction of sp³-hybridized carbons (Fsp3) is 0.355. The molecule has 232 valence electrons. The van der Waals surface area contributed by atoms with Crippen molar-refractivity contribution >= 4 is 40.7 Å². The lowest BCUT2D eigenvalue weighted by molar-refractivity contribution is -0.149. The maximum absolute atomic E-state index is 13.5. The second kappa shape index (κ2) is 14.8. The minimum atomic E-state index is -1.17. The lowest BCUT2D eigenvalue weighted by Crippen LogP contribution is -2.56. The number of nitrogens with one attached hydrogen (secondary N) is 1. The van der Waals surface area contributed by atoms with Gasteiger partial charge in [-0.25, -0.2) is 14.6 Å². The van der Waals surface area contributed by atoms with Gasteiger partial charge >= 0.3 is 18.0 Å². The number of carbonyl (C=O) groups excluding carboxylic acids is 4. The summed E-state index contributed by atoms with van der Waals surface area (Å²) in [5.41, 5.74) is 0.833. The average molecular weight is 607 g/mol. The quantitative estimate of drug-likeness (QED) is 0.310. The van der Waals surface area contributed by atoms with Crippen molar-refractivity contribution in [3.8, 4) is 5.75 Å². The molecule has 13 nitrogen and oxygen atoms in total. The van der Waals surface area contributed by atoms with Gasteiger partial charge in [0.1, 0.15) is 17.5 Å². The zero-order valence-corrected chi connectivity index (χ0v) is 24.4. The van der Waals surface area contributed by atoms with E-state index in [4.69, 9.17) is 14.2 Å². The smallest absolute Gasteiger partial charge is 0.409 e. The Bertz CT molecular complexity index is 1510. The number of aromatic nitrogens is 1. The third-order valence-corrected chi connectivity index (χ3v) is 7.04. The molecular weight excluding hydrogens is 572 g/mol. The van der Waals surface area contributed by atoms with Crippen molar-refractivity contribution in [2.45, 2.75) is 31.9 Å². The van der Waals surface area contributed by atoms with Crippen LogP contribution < -0.4 is 10.1 Å². The predicted octanol–water partition coefficient (Wildman–Crippen LogP) is 2.79. The molecule has 13 heteroatoms. The molecule has 0 aliphatic carbocycles. The van der Waals surface area contributed by atoms with Crippen molar-refractivity contribution < 1.29 is 43.3 Å². The zero-order chi connectivity index (χ0) is 31.6. The molecule has 2 atom stereocenters. The molecule has 1 aromatic heterocycles. The minimum Gasteiger partial charge on any atom is -0.481 e. The van der Waals surface area contributed by atoms with Crippen LogP contribution in [-0.4, -0.2) is 95.7 Å². The number of fused-ring (bicyclic) bond motifs is 1. The first-order valence-electron chi connectivity index (χ1n) is 14.1. The number of piperazine rings is 1. The average Bonchev–Trinajstić information content (AvgIpc) is 3.05. The number of rotatable bonds is 11. The summed E-state index contributed by atoms with van der Waals surface area (Å²) in [4.78, 5) is 70.5. The van der Waals surface area contributed by atoms with Crippen molar-refractivity contribution in [3.63, 3.8) is 0 Å². The number of carboxylic acid groups (broad SMARTS) is 1. The summed E-state index contributed by atoms with van der Waals surface area (Å²) in [5, 5.41) is 12.5. The normalized spacial score (nSPS) is 14.3. The van der Waals surface area contributed by atoms with Crippen molar-refractivity contribution in [1.82, 2.24) is 20.1 Å². The van der Waals surface area contributed by atoms with Gasteiger partial charge < -0.3 is 34.4 Å². The number of carboxylic acids is 1. The highest BCUT2D eigenvalue weighted by atomic mass is 16.6. The monoisotopic (exact) mass is 606 g/mol. The fourth-order valence-electron chi connectivity index (χ4n) is 4.77. The van der Waals surface area contributed by atoms with Gasteiger partial charge in [-0.1, -0.05) is 42.5 Å². The van der Waals surface area contributed by atoms with Crippen LogP contribution in [-0.2, 0) is 23.9 Å². The van der Waals surface area contributed by atoms with E-state index in [9.17, 15) is 29.1 Å². The van der Waals surface area contributed by atoms with E-state index in [1.165, 1.54) is 23.0 Å². The third kappa shape index (κ3) is 7.79. The number of aliphatic carboxylic acids is 1. The van der Waals surface area contributed by atoms with Crippen molar-refractivity contribution in [2.24, 2.45) is 0 Å². The van der Waals surface area contributed by atoms with Crippen LogP contribution in [0.4, 0.5) is 4.79 Å². The molecule has 1 unspecified atom stereocenters.